The topological polar surface area (TPSA) is 99.0 Å². The Morgan fingerprint density at radius 1 is 1.17 bits per heavy atom. The molecule has 1 aliphatic carbocycles. The van der Waals surface area contributed by atoms with Gasteiger partial charge >= 0.3 is 5.97 Å². The molecule has 1 aromatic carbocycles. The van der Waals surface area contributed by atoms with Crippen molar-refractivity contribution in [2.45, 2.75) is 80.9 Å². The van der Waals surface area contributed by atoms with Gasteiger partial charge in [0.25, 0.3) is 0 Å². The highest BCUT2D eigenvalue weighted by Crippen LogP contribution is 2.39. The van der Waals surface area contributed by atoms with Gasteiger partial charge < -0.3 is 20.2 Å². The lowest BCUT2D eigenvalue weighted by molar-refractivity contribution is -0.140. The van der Waals surface area contributed by atoms with E-state index < -0.39 is 12.2 Å². The molecular formula is C23H37NO5S. The molecule has 7 heteroatoms. The fraction of sp³-hybridized carbons (Fsp3) is 0.696. The normalized spacial score (nSPS) is 24.7. The van der Waals surface area contributed by atoms with Crippen LogP contribution >= 0.6 is 11.8 Å². The van der Waals surface area contributed by atoms with Crippen LogP contribution in [0.15, 0.2) is 35.2 Å². The Labute approximate surface area is 184 Å². The Bertz CT molecular complexity index is 603. The number of aliphatic hydroxyl groups is 2. The Hall–Kier alpha value is -1.12. The molecular weight excluding hydrogens is 402 g/mol. The predicted octanol–water partition coefficient (Wildman–Crippen LogP) is 3.78. The second-order valence-electron chi connectivity index (χ2n) is 8.25. The highest BCUT2D eigenvalue weighted by atomic mass is 32.2. The summed E-state index contributed by atoms with van der Waals surface area (Å²) >= 11 is 1.65. The molecule has 0 bridgehead atoms. The minimum Gasteiger partial charge on any atom is -0.469 e. The van der Waals surface area contributed by atoms with Gasteiger partial charge in [-0.3, -0.25) is 4.79 Å². The number of carbonyl (C=O) groups is 1. The average Bonchev–Trinajstić information content (AvgIpc) is 3.08. The Balaban J connectivity index is 1.72. The van der Waals surface area contributed by atoms with Crippen LogP contribution in [0.25, 0.3) is 0 Å². The van der Waals surface area contributed by atoms with Crippen LogP contribution in [0.1, 0.15) is 57.8 Å². The molecule has 170 valence electrons. The first-order valence-electron chi connectivity index (χ1n) is 11.1. The summed E-state index contributed by atoms with van der Waals surface area (Å²) in [5.41, 5.74) is 2.39. The molecule has 3 unspecified atom stereocenters. The summed E-state index contributed by atoms with van der Waals surface area (Å²) in [6, 6.07) is 9.92. The van der Waals surface area contributed by atoms with Crippen molar-refractivity contribution in [2.75, 3.05) is 12.9 Å². The highest BCUT2D eigenvalue weighted by Gasteiger charge is 2.41. The number of rotatable bonds is 14. The molecule has 4 N–H and O–H groups in total. The molecule has 0 saturated heterocycles. The minimum absolute atomic E-state index is 0.127. The van der Waals surface area contributed by atoms with Gasteiger partial charge in [0, 0.05) is 23.1 Å². The van der Waals surface area contributed by atoms with Crippen molar-refractivity contribution in [3.63, 3.8) is 0 Å². The van der Waals surface area contributed by atoms with E-state index >= 15 is 0 Å². The van der Waals surface area contributed by atoms with Crippen molar-refractivity contribution in [3.8, 4) is 0 Å². The third-order valence-corrected chi connectivity index (χ3v) is 7.29. The zero-order chi connectivity index (χ0) is 21.8. The van der Waals surface area contributed by atoms with E-state index in [1.165, 1.54) is 7.11 Å². The van der Waals surface area contributed by atoms with Crippen molar-refractivity contribution in [3.05, 3.63) is 30.3 Å². The predicted molar refractivity (Wildman–Crippen MR) is 118 cm³/mol. The third kappa shape index (κ3) is 8.55. The number of methoxy groups -OCH3 is 1. The summed E-state index contributed by atoms with van der Waals surface area (Å²) < 4.78 is 4.65. The Morgan fingerprint density at radius 2 is 1.90 bits per heavy atom. The van der Waals surface area contributed by atoms with Crippen molar-refractivity contribution >= 4 is 17.7 Å². The third-order valence-electron chi connectivity index (χ3n) is 6.14. The fourth-order valence-electron chi connectivity index (χ4n) is 4.45. The van der Waals surface area contributed by atoms with Crippen LogP contribution in [0, 0.1) is 11.8 Å². The fourth-order valence-corrected chi connectivity index (χ4v) is 5.35. The molecule has 0 aliphatic heterocycles. The first kappa shape index (κ1) is 25.1. The number of esters is 1. The summed E-state index contributed by atoms with van der Waals surface area (Å²) in [4.78, 5) is 12.3. The molecule has 0 spiro atoms. The van der Waals surface area contributed by atoms with Crippen LogP contribution in [0.4, 0.5) is 0 Å². The quantitative estimate of drug-likeness (QED) is 0.152. The number of hydrogen-bond donors (Lipinski definition) is 4. The monoisotopic (exact) mass is 439 g/mol. The lowest BCUT2D eigenvalue weighted by atomic mass is 9.84. The van der Waals surface area contributed by atoms with E-state index in [0.29, 0.717) is 25.0 Å². The van der Waals surface area contributed by atoms with E-state index in [-0.39, 0.29) is 23.8 Å². The first-order chi connectivity index (χ1) is 14.5. The smallest absolute Gasteiger partial charge is 0.305 e. The van der Waals surface area contributed by atoms with Crippen molar-refractivity contribution in [1.29, 1.82) is 0 Å². The average molecular weight is 440 g/mol. The van der Waals surface area contributed by atoms with E-state index in [4.69, 9.17) is 0 Å². The molecule has 2 rings (SSSR count). The Kier molecular flexibility index (Phi) is 11.8. The maximum Gasteiger partial charge on any atom is 0.305 e. The number of hydrogen-bond acceptors (Lipinski definition) is 7. The zero-order valence-corrected chi connectivity index (χ0v) is 18.7. The molecule has 1 saturated carbocycles. The number of benzene rings is 1. The number of thioether (sulfide) groups is 1. The van der Waals surface area contributed by atoms with Crippen LogP contribution in [0.3, 0.4) is 0 Å². The van der Waals surface area contributed by atoms with Crippen molar-refractivity contribution < 1.29 is 25.0 Å². The molecule has 1 aliphatic rings. The summed E-state index contributed by atoms with van der Waals surface area (Å²) in [7, 11) is 1.41. The van der Waals surface area contributed by atoms with Gasteiger partial charge in [-0.2, -0.15) is 0 Å². The van der Waals surface area contributed by atoms with Crippen LogP contribution in [0.5, 0.6) is 0 Å². The van der Waals surface area contributed by atoms with Gasteiger partial charge in [0.2, 0.25) is 0 Å². The number of unbranched alkanes of at least 4 members (excludes halogenated alkanes) is 3. The van der Waals surface area contributed by atoms with Crippen molar-refractivity contribution in [2.24, 2.45) is 11.8 Å². The van der Waals surface area contributed by atoms with Gasteiger partial charge in [-0.25, -0.2) is 5.48 Å². The number of carbonyl (C=O) groups excluding carboxylic acids is 1. The van der Waals surface area contributed by atoms with Gasteiger partial charge in [0.05, 0.1) is 19.3 Å². The number of ether oxygens (including phenoxy) is 1. The van der Waals surface area contributed by atoms with Gasteiger partial charge in [-0.1, -0.05) is 37.5 Å². The van der Waals surface area contributed by atoms with Crippen LogP contribution in [0.2, 0.25) is 0 Å². The van der Waals surface area contributed by atoms with E-state index in [2.05, 4.69) is 10.2 Å². The van der Waals surface area contributed by atoms with E-state index in [1.807, 2.05) is 30.3 Å². The van der Waals surface area contributed by atoms with E-state index in [1.54, 1.807) is 11.8 Å². The molecule has 5 atom stereocenters. The maximum absolute atomic E-state index is 11.2. The zero-order valence-electron chi connectivity index (χ0n) is 17.9. The van der Waals surface area contributed by atoms with Gasteiger partial charge in [-0.05, 0) is 56.1 Å². The molecule has 0 amide bonds. The van der Waals surface area contributed by atoms with Gasteiger partial charge in [0.1, 0.15) is 0 Å². The lowest BCUT2D eigenvalue weighted by Crippen LogP contribution is -2.32. The molecule has 0 heterocycles. The number of aliphatic hydroxyl groups excluding tert-OH is 2. The van der Waals surface area contributed by atoms with Crippen molar-refractivity contribution in [1.82, 2.24) is 5.48 Å². The van der Waals surface area contributed by atoms with E-state index in [9.17, 15) is 20.2 Å². The largest absolute Gasteiger partial charge is 0.469 e. The number of nitrogens with one attached hydrogen (secondary N) is 1. The molecule has 30 heavy (non-hydrogen) atoms. The molecule has 1 aromatic rings. The van der Waals surface area contributed by atoms with Crippen LogP contribution in [-0.2, 0) is 9.53 Å². The van der Waals surface area contributed by atoms with Crippen LogP contribution < -0.4 is 5.48 Å². The van der Waals surface area contributed by atoms with Gasteiger partial charge in [0.15, 0.2) is 0 Å². The first-order valence-corrected chi connectivity index (χ1v) is 12.0. The molecule has 6 nitrogen and oxygen atoms in total. The lowest BCUT2D eigenvalue weighted by Gasteiger charge is -2.26. The molecule has 0 radical (unpaired) electrons. The minimum atomic E-state index is -0.425. The SMILES string of the molecule is COC(=O)CCCCCC[C@@H]1C(CCC(O)CSc2ccccc2)C(NO)C[C@@H]1O. The second kappa shape index (κ2) is 14.0. The van der Waals surface area contributed by atoms with E-state index in [0.717, 1.165) is 43.4 Å². The maximum atomic E-state index is 11.2. The summed E-state index contributed by atoms with van der Waals surface area (Å²) in [5, 5.41) is 30.5. The number of hydroxylamine groups is 1. The summed E-state index contributed by atoms with van der Waals surface area (Å²) in [5.74, 6) is 0.754. The second-order valence-corrected chi connectivity index (χ2v) is 9.34. The molecule has 1 fully saturated rings. The van der Waals surface area contributed by atoms with Crippen LogP contribution in [-0.4, -0.2) is 52.5 Å². The highest BCUT2D eigenvalue weighted by molar-refractivity contribution is 7.99. The molecule has 0 aromatic heterocycles. The Morgan fingerprint density at radius 3 is 2.60 bits per heavy atom. The van der Waals surface area contributed by atoms with Gasteiger partial charge in [-0.15, -0.1) is 11.8 Å². The summed E-state index contributed by atoms with van der Waals surface area (Å²) in [6.45, 7) is 0. The standard InChI is InChI=1S/C23H37NO5S/c1-29-23(27)12-8-3-2-7-11-20-19(21(24-28)15-22(20)26)14-13-17(25)16-30-18-9-5-4-6-10-18/h4-6,9-10,17,19-22,24-26,28H,2-3,7-8,11-16H2,1H3/t17?,19?,20-,21?,22+/m1/s1. The summed E-state index contributed by atoms with van der Waals surface area (Å²) in [6.07, 6.45) is 6.31.